The number of hydrogen-bond donors (Lipinski definition) is 2. The van der Waals surface area contributed by atoms with Crippen LogP contribution in [0.2, 0.25) is 0 Å². The first-order valence-electron chi connectivity index (χ1n) is 6.59. The van der Waals surface area contributed by atoms with Crippen molar-refractivity contribution in [3.8, 4) is 0 Å². The van der Waals surface area contributed by atoms with Crippen LogP contribution in [0, 0.1) is 5.82 Å². The summed E-state index contributed by atoms with van der Waals surface area (Å²) in [5.41, 5.74) is 1.64. The summed E-state index contributed by atoms with van der Waals surface area (Å²) in [6.07, 6.45) is -0.0167. The third-order valence-electron chi connectivity index (χ3n) is 3.45. The normalized spacial score (nSPS) is 16.2. The minimum atomic E-state index is -0.534. The Balaban J connectivity index is 1.74. The van der Waals surface area contributed by atoms with Crippen LogP contribution in [0.3, 0.4) is 0 Å². The zero-order valence-corrected chi connectivity index (χ0v) is 11.1. The molecule has 0 aromatic heterocycles. The third-order valence-corrected chi connectivity index (χ3v) is 3.45. The maximum Gasteiger partial charge on any atom is 0.232 e. The van der Waals surface area contributed by atoms with Crippen LogP contribution in [-0.2, 0) is 9.59 Å². The second-order valence-electron chi connectivity index (χ2n) is 4.86. The van der Waals surface area contributed by atoms with Crippen LogP contribution in [0.15, 0.2) is 48.5 Å². The van der Waals surface area contributed by atoms with Gasteiger partial charge in [-0.15, -0.1) is 0 Å². The zero-order chi connectivity index (χ0) is 14.8. The largest absolute Gasteiger partial charge is 0.325 e. The molecule has 3 rings (SSSR count). The third kappa shape index (κ3) is 2.63. The van der Waals surface area contributed by atoms with Crippen LogP contribution in [-0.4, -0.2) is 11.8 Å². The summed E-state index contributed by atoms with van der Waals surface area (Å²) < 4.78 is 13.5. The van der Waals surface area contributed by atoms with Crippen molar-refractivity contribution in [2.45, 2.75) is 12.3 Å². The van der Waals surface area contributed by atoms with Gasteiger partial charge < -0.3 is 10.6 Å². The number of benzene rings is 2. The van der Waals surface area contributed by atoms with E-state index in [9.17, 15) is 14.0 Å². The monoisotopic (exact) mass is 284 g/mol. The van der Waals surface area contributed by atoms with Gasteiger partial charge in [0.2, 0.25) is 11.8 Å². The number of amides is 2. The second kappa shape index (κ2) is 5.36. The highest BCUT2D eigenvalue weighted by Crippen LogP contribution is 2.34. The first-order chi connectivity index (χ1) is 10.1. The predicted molar refractivity (Wildman–Crippen MR) is 77.5 cm³/mol. The minimum Gasteiger partial charge on any atom is -0.325 e. The van der Waals surface area contributed by atoms with E-state index < -0.39 is 17.6 Å². The summed E-state index contributed by atoms with van der Waals surface area (Å²) in [6, 6.07) is 13.2. The number of nitrogens with one attached hydrogen (secondary N) is 2. The molecule has 0 radical (unpaired) electrons. The zero-order valence-electron chi connectivity index (χ0n) is 11.1. The van der Waals surface area contributed by atoms with Gasteiger partial charge in [-0.05, 0) is 23.8 Å². The number of rotatable bonds is 3. The molecular weight excluding hydrogens is 271 g/mol. The molecule has 2 aromatic carbocycles. The van der Waals surface area contributed by atoms with Crippen LogP contribution >= 0.6 is 0 Å². The lowest BCUT2D eigenvalue weighted by Gasteiger charge is -2.10. The van der Waals surface area contributed by atoms with Crippen LogP contribution in [0.4, 0.5) is 15.8 Å². The van der Waals surface area contributed by atoms with Gasteiger partial charge in [-0.3, -0.25) is 9.59 Å². The number of para-hydroxylation sites is 2. The standard InChI is InChI=1S/C16H13FN2O2/c17-12-6-2-4-8-14(12)18-15(20)9-11-10-5-1-3-7-13(10)19-16(11)21/h1-8,11H,9H2,(H,18,20)(H,19,21). The molecule has 1 atom stereocenters. The minimum absolute atomic E-state index is 0.0167. The summed E-state index contributed by atoms with van der Waals surface area (Å²) >= 11 is 0. The summed E-state index contributed by atoms with van der Waals surface area (Å²) in [5, 5.41) is 5.23. The van der Waals surface area contributed by atoms with Crippen LogP contribution in [0.5, 0.6) is 0 Å². The number of carbonyl (C=O) groups is 2. The fourth-order valence-corrected chi connectivity index (χ4v) is 2.43. The molecule has 0 spiro atoms. The first-order valence-corrected chi connectivity index (χ1v) is 6.59. The number of carbonyl (C=O) groups excluding carboxylic acids is 2. The number of hydrogen-bond acceptors (Lipinski definition) is 2. The van der Waals surface area contributed by atoms with Gasteiger partial charge in [-0.2, -0.15) is 0 Å². The molecule has 0 saturated carbocycles. The fourth-order valence-electron chi connectivity index (χ4n) is 2.43. The van der Waals surface area contributed by atoms with Gasteiger partial charge in [-0.1, -0.05) is 30.3 Å². The molecule has 1 aliphatic rings. The molecule has 0 saturated heterocycles. The maximum absolute atomic E-state index is 13.5. The van der Waals surface area contributed by atoms with E-state index >= 15 is 0 Å². The average molecular weight is 284 g/mol. The molecule has 106 valence electrons. The fraction of sp³-hybridized carbons (Fsp3) is 0.125. The van der Waals surface area contributed by atoms with Crippen molar-refractivity contribution >= 4 is 23.2 Å². The Morgan fingerprint density at radius 1 is 1.14 bits per heavy atom. The van der Waals surface area contributed by atoms with Gasteiger partial charge in [0, 0.05) is 12.1 Å². The van der Waals surface area contributed by atoms with E-state index in [0.717, 1.165) is 11.3 Å². The van der Waals surface area contributed by atoms with Crippen molar-refractivity contribution in [3.63, 3.8) is 0 Å². The summed E-state index contributed by atoms with van der Waals surface area (Å²) in [6.45, 7) is 0. The van der Waals surface area contributed by atoms with Crippen molar-refractivity contribution in [2.75, 3.05) is 10.6 Å². The van der Waals surface area contributed by atoms with E-state index in [-0.39, 0.29) is 18.0 Å². The van der Waals surface area contributed by atoms with Crippen LogP contribution in [0.25, 0.3) is 0 Å². The smallest absolute Gasteiger partial charge is 0.232 e. The highest BCUT2D eigenvalue weighted by Gasteiger charge is 2.31. The van der Waals surface area contributed by atoms with Gasteiger partial charge in [0.1, 0.15) is 5.82 Å². The van der Waals surface area contributed by atoms with Gasteiger partial charge in [0.15, 0.2) is 0 Å². The number of anilines is 2. The van der Waals surface area contributed by atoms with E-state index in [1.807, 2.05) is 18.2 Å². The Labute approximate surface area is 121 Å². The molecule has 21 heavy (non-hydrogen) atoms. The summed E-state index contributed by atoms with van der Waals surface area (Å²) in [7, 11) is 0. The number of halogens is 1. The topological polar surface area (TPSA) is 58.2 Å². The Morgan fingerprint density at radius 2 is 1.86 bits per heavy atom. The van der Waals surface area contributed by atoms with Crippen molar-refractivity contribution in [2.24, 2.45) is 0 Å². The Hall–Kier alpha value is -2.69. The molecule has 1 aliphatic heterocycles. The van der Waals surface area contributed by atoms with Gasteiger partial charge >= 0.3 is 0 Å². The highest BCUT2D eigenvalue weighted by molar-refractivity contribution is 6.06. The van der Waals surface area contributed by atoms with E-state index in [4.69, 9.17) is 0 Å². The maximum atomic E-state index is 13.5. The molecule has 2 N–H and O–H groups in total. The Morgan fingerprint density at radius 3 is 2.67 bits per heavy atom. The van der Waals surface area contributed by atoms with Crippen molar-refractivity contribution in [1.82, 2.24) is 0 Å². The van der Waals surface area contributed by atoms with Crippen molar-refractivity contribution in [1.29, 1.82) is 0 Å². The SMILES string of the molecule is O=C(CC1C(=O)Nc2ccccc21)Nc1ccccc1F. The van der Waals surface area contributed by atoms with Gasteiger partial charge in [-0.25, -0.2) is 4.39 Å². The van der Waals surface area contributed by atoms with Gasteiger partial charge in [0.25, 0.3) is 0 Å². The molecule has 0 bridgehead atoms. The number of fused-ring (bicyclic) bond motifs is 1. The Bertz CT molecular complexity index is 715. The molecule has 5 heteroatoms. The quantitative estimate of drug-likeness (QED) is 0.910. The van der Waals surface area contributed by atoms with Gasteiger partial charge in [0.05, 0.1) is 11.6 Å². The first kappa shape index (κ1) is 13.3. The van der Waals surface area contributed by atoms with E-state index in [2.05, 4.69) is 10.6 Å². The lowest BCUT2D eigenvalue weighted by molar-refractivity contribution is -0.122. The average Bonchev–Trinajstić information content (AvgIpc) is 2.78. The Kier molecular flexibility index (Phi) is 3.39. The van der Waals surface area contributed by atoms with Crippen LogP contribution < -0.4 is 10.6 Å². The van der Waals surface area contributed by atoms with Crippen LogP contribution in [0.1, 0.15) is 17.9 Å². The highest BCUT2D eigenvalue weighted by atomic mass is 19.1. The lowest BCUT2D eigenvalue weighted by Crippen LogP contribution is -2.20. The summed E-state index contributed by atoms with van der Waals surface area (Å²) in [5.74, 6) is -1.63. The molecule has 1 unspecified atom stereocenters. The molecule has 1 heterocycles. The second-order valence-corrected chi connectivity index (χ2v) is 4.86. The molecular formula is C16H13FN2O2. The lowest BCUT2D eigenvalue weighted by atomic mass is 9.97. The molecule has 0 aliphatic carbocycles. The molecule has 2 aromatic rings. The summed E-state index contributed by atoms with van der Waals surface area (Å²) in [4.78, 5) is 23.9. The molecule has 2 amide bonds. The van der Waals surface area contributed by atoms with E-state index in [0.29, 0.717) is 0 Å². The van der Waals surface area contributed by atoms with Crippen molar-refractivity contribution < 1.29 is 14.0 Å². The van der Waals surface area contributed by atoms with E-state index in [1.165, 1.54) is 12.1 Å². The van der Waals surface area contributed by atoms with E-state index in [1.54, 1.807) is 18.2 Å². The van der Waals surface area contributed by atoms with Crippen molar-refractivity contribution in [3.05, 3.63) is 59.9 Å². The molecule has 0 fully saturated rings. The molecule has 4 nitrogen and oxygen atoms in total. The predicted octanol–water partition coefficient (Wildman–Crippen LogP) is 2.89.